The van der Waals surface area contributed by atoms with Crippen LogP contribution >= 0.6 is 40.3 Å². The Morgan fingerprint density at radius 2 is 1.21 bits per heavy atom. The Morgan fingerprint density at radius 3 is 1.75 bits per heavy atom. The van der Waals surface area contributed by atoms with Crippen molar-refractivity contribution in [2.24, 2.45) is 0 Å². The molecule has 2 bridgehead atoms. The summed E-state index contributed by atoms with van der Waals surface area (Å²) in [6, 6.07) is 0. The van der Waals surface area contributed by atoms with Gasteiger partial charge in [0.15, 0.2) is 53.1 Å². The van der Waals surface area contributed by atoms with Crippen LogP contribution in [0.1, 0.15) is 25.1 Å². The number of imidazole rings is 3. The molecule has 4 aliphatic rings. The third-order valence-corrected chi connectivity index (χ3v) is 17.4. The number of aromatic nitrogens is 12. The van der Waals surface area contributed by atoms with Gasteiger partial charge in [0, 0.05) is 13.5 Å². The summed E-state index contributed by atoms with van der Waals surface area (Å²) in [7, 11) is -3.49. The van der Waals surface area contributed by atoms with Crippen LogP contribution in [-0.2, 0) is 88.1 Å². The molecule has 420 valence electrons. The Kier molecular flexibility index (Phi) is 16.2. The standard InChI is InChI=1S/C35H47N15O20P4S3/c1-59-21-16(7-62-71(53,54)61-5-3-51)66-33(49-13-46-18-27(37)40-10-43-30(18)49)23(21)69-73(57,76)63-6-15-20(52)22(32(65-15)48-12-45-17-26(36)39-9-42-29(17)48)68-74(58,77)64-8-35-2-4-60-24(25(35)70-72(55,56)75)34(67-35)50-14-47-19-28(38)41-11-44-31(19)50/h9-16,20-25,32-34,51-52H,2-8H2,1H3,(H,53,54)(H,57,76)(H,58,77)(H2,36,39,42)(H2,37,40,43)(H2,38,41,44)(H2,55,56,75)/t15-,16-,20?,21?,22+,23+,24+,25?,32-,33-,34-,35+,73?,74?/m1/s1. The Morgan fingerprint density at radius 1 is 0.701 bits per heavy atom. The lowest BCUT2D eigenvalue weighted by Gasteiger charge is -2.38. The first-order valence-corrected chi connectivity index (χ1v) is 31.8. The number of phosphoric acid groups is 1. The van der Waals surface area contributed by atoms with Crippen molar-refractivity contribution in [1.29, 1.82) is 0 Å². The minimum absolute atomic E-state index is 0.000687. The van der Waals surface area contributed by atoms with E-state index in [0.29, 0.717) is 0 Å². The second-order valence-corrected chi connectivity index (χ2v) is 27.0. The Hall–Kier alpha value is -3.56. The molecule has 6 aromatic rings. The van der Waals surface area contributed by atoms with Crippen molar-refractivity contribution in [3.05, 3.63) is 38.0 Å². The first-order chi connectivity index (χ1) is 36.5. The Balaban J connectivity index is 0.894. The molecule has 0 aliphatic carbocycles. The van der Waals surface area contributed by atoms with Gasteiger partial charge in [-0.15, -0.1) is 0 Å². The maximum absolute atomic E-state index is 12.7. The van der Waals surface area contributed by atoms with Crippen LogP contribution in [0.4, 0.5) is 17.5 Å². The number of phosphoric ester groups is 1. The summed E-state index contributed by atoms with van der Waals surface area (Å²) in [4.78, 5) is 81.7. The van der Waals surface area contributed by atoms with Crippen molar-refractivity contribution in [3.63, 3.8) is 0 Å². The molecule has 0 radical (unpaired) electrons. The maximum Gasteiger partial charge on any atom is 0.472 e. The van der Waals surface area contributed by atoms with E-state index >= 15 is 0 Å². The van der Waals surface area contributed by atoms with Gasteiger partial charge in [-0.1, -0.05) is 12.2 Å². The summed E-state index contributed by atoms with van der Waals surface area (Å²) in [6.45, 7) is -16.9. The van der Waals surface area contributed by atoms with Gasteiger partial charge in [-0.2, -0.15) is 0 Å². The fourth-order valence-electron chi connectivity index (χ4n) is 9.18. The van der Waals surface area contributed by atoms with Gasteiger partial charge in [-0.25, -0.2) is 54.0 Å². The summed E-state index contributed by atoms with van der Waals surface area (Å²) in [5, 5.41) is 21.1. The van der Waals surface area contributed by atoms with Crippen LogP contribution in [0.3, 0.4) is 0 Å². The monoisotopic (exact) mass is 1220 g/mol. The lowest BCUT2D eigenvalue weighted by Crippen LogP contribution is -2.52. The minimum atomic E-state index is -4.73. The Bertz CT molecular complexity index is 3350. The SMILES string of the molecule is COC1[C@@H](COP(=O)(O)OCCO)O[C@@H](n2cnc3c(N)ncnc32)[C@H]1OP(O)(=S)OC[C@H]1O[C@@H](n2cnc3c(N)ncnc32)[C@@H](OP(O)(=S)OC[C@@]23CCO[C@@H](C2OP(=O)(O)S)[C@H](n2cnc4c(N)ncnc42)O3)C1O. The lowest BCUT2D eigenvalue weighted by molar-refractivity contribution is -0.134. The van der Waals surface area contributed by atoms with Gasteiger partial charge in [0.2, 0.25) is 0 Å². The van der Waals surface area contributed by atoms with E-state index in [1.165, 1.54) is 46.1 Å². The lowest BCUT2D eigenvalue weighted by atomic mass is 9.90. The van der Waals surface area contributed by atoms with E-state index < -0.39 is 134 Å². The van der Waals surface area contributed by atoms with Crippen LogP contribution in [0.15, 0.2) is 38.0 Å². The van der Waals surface area contributed by atoms with E-state index in [4.69, 9.17) is 101 Å². The molecule has 10 rings (SSSR count). The molecule has 0 saturated carbocycles. The molecular formula is C35H47N15O20P4S3. The molecule has 0 spiro atoms. The molecular weight excluding hydrogens is 1170 g/mol. The molecule has 0 amide bonds. The second kappa shape index (κ2) is 22.1. The largest absolute Gasteiger partial charge is 0.472 e. The predicted octanol–water partition coefficient (Wildman–Crippen LogP) is -0.742. The number of aliphatic hydroxyl groups excluding tert-OH is 2. The molecule has 35 nitrogen and oxygen atoms in total. The number of hydrogen-bond donors (Lipinski definition) is 10. The molecule has 16 atom stereocenters. The number of methoxy groups -OCH3 is 1. The van der Waals surface area contributed by atoms with E-state index in [2.05, 4.69) is 57.1 Å². The number of hydrogen-bond acceptors (Lipinski definition) is 30. The highest BCUT2D eigenvalue weighted by molar-refractivity contribution is 8.44. The molecule has 4 aliphatic heterocycles. The average Bonchev–Trinajstić information content (AvgIpc) is 4.29. The molecule has 0 aromatic carbocycles. The third kappa shape index (κ3) is 11.5. The molecule has 4 fully saturated rings. The van der Waals surface area contributed by atoms with Crippen molar-refractivity contribution < 1.29 is 94.3 Å². The molecule has 77 heavy (non-hydrogen) atoms. The Labute approximate surface area is 447 Å². The topological polar surface area (TPSA) is 475 Å². The van der Waals surface area contributed by atoms with Crippen molar-refractivity contribution in [1.82, 2.24) is 58.6 Å². The van der Waals surface area contributed by atoms with Gasteiger partial charge in [0.05, 0.1) is 58.6 Å². The van der Waals surface area contributed by atoms with Gasteiger partial charge in [0.25, 0.3) is 0 Å². The van der Waals surface area contributed by atoms with Gasteiger partial charge >= 0.3 is 28.1 Å². The molecule has 10 heterocycles. The normalized spacial score (nSPS) is 31.7. The van der Waals surface area contributed by atoms with E-state index in [9.17, 15) is 33.8 Å². The minimum Gasteiger partial charge on any atom is -0.394 e. The van der Waals surface area contributed by atoms with Crippen molar-refractivity contribution in [2.75, 3.05) is 64.0 Å². The van der Waals surface area contributed by atoms with Gasteiger partial charge in [-0.05, 0) is 23.6 Å². The van der Waals surface area contributed by atoms with E-state index in [1.807, 2.05) is 0 Å². The van der Waals surface area contributed by atoms with Crippen LogP contribution in [0.2, 0.25) is 0 Å². The number of fused-ring (bicyclic) bond motifs is 5. The highest BCUT2D eigenvalue weighted by Gasteiger charge is 2.62. The average molecular weight is 1220 g/mol. The number of rotatable bonds is 22. The van der Waals surface area contributed by atoms with E-state index in [1.54, 1.807) is 0 Å². The van der Waals surface area contributed by atoms with Crippen LogP contribution in [-0.4, -0.2) is 190 Å². The zero-order valence-corrected chi connectivity index (χ0v) is 45.4. The van der Waals surface area contributed by atoms with Crippen LogP contribution in [0.5, 0.6) is 0 Å². The molecule has 7 unspecified atom stereocenters. The fourth-order valence-corrected chi connectivity index (χ4v) is 13.7. The highest BCUT2D eigenvalue weighted by Crippen LogP contribution is 2.59. The number of nitrogens with zero attached hydrogens (tertiary/aromatic N) is 12. The number of nitrogens with two attached hydrogens (primary N) is 3. The smallest absolute Gasteiger partial charge is 0.394 e. The number of thiol groups is 1. The van der Waals surface area contributed by atoms with Crippen LogP contribution < -0.4 is 17.2 Å². The fraction of sp³-hybridized carbons (Fsp3) is 0.571. The second-order valence-electron chi connectivity index (χ2n) is 17.2. The molecule has 6 aromatic heterocycles. The van der Waals surface area contributed by atoms with E-state index in [0.717, 1.165) is 12.7 Å². The summed E-state index contributed by atoms with van der Waals surface area (Å²) in [5.74, 6) is 0.0474. The van der Waals surface area contributed by atoms with Crippen LogP contribution in [0, 0.1) is 0 Å². The summed E-state index contributed by atoms with van der Waals surface area (Å²) >= 11 is 14.8. The first kappa shape index (κ1) is 56.7. The third-order valence-electron chi connectivity index (χ3n) is 12.5. The number of anilines is 3. The number of aliphatic hydroxyl groups is 2. The van der Waals surface area contributed by atoms with Crippen molar-refractivity contribution in [2.45, 2.75) is 79.5 Å². The van der Waals surface area contributed by atoms with Gasteiger partial charge < -0.3 is 79.7 Å². The summed E-state index contributed by atoms with van der Waals surface area (Å²) in [6.07, 6.45) is -8.06. The molecule has 42 heteroatoms. The van der Waals surface area contributed by atoms with Crippen molar-refractivity contribution in [3.8, 4) is 0 Å². The summed E-state index contributed by atoms with van der Waals surface area (Å²) in [5.41, 5.74) is 17.4. The summed E-state index contributed by atoms with van der Waals surface area (Å²) < 4.78 is 99.6. The van der Waals surface area contributed by atoms with Gasteiger partial charge in [-0.3, -0.25) is 36.3 Å². The zero-order chi connectivity index (χ0) is 54.8. The quantitative estimate of drug-likeness (QED) is 0.0295. The maximum atomic E-state index is 12.7. The molecule has 4 saturated heterocycles. The first-order valence-electron chi connectivity index (χ1n) is 22.4. The van der Waals surface area contributed by atoms with Crippen LogP contribution in [0.25, 0.3) is 33.5 Å². The molecule has 12 N–H and O–H groups in total. The number of nitrogen functional groups attached to an aromatic ring is 3. The van der Waals surface area contributed by atoms with Gasteiger partial charge in [0.1, 0.15) is 90.0 Å². The van der Waals surface area contributed by atoms with E-state index in [-0.39, 0.29) is 64.0 Å². The number of ether oxygens (including phenoxy) is 5. The zero-order valence-electron chi connectivity index (χ0n) is 39.3. The van der Waals surface area contributed by atoms with Crippen molar-refractivity contribution >= 4 is 115 Å². The predicted molar refractivity (Wildman–Crippen MR) is 268 cm³/mol. The highest BCUT2D eigenvalue weighted by atomic mass is 32.7.